The summed E-state index contributed by atoms with van der Waals surface area (Å²) in [7, 11) is 1.99. The van der Waals surface area contributed by atoms with Crippen LogP contribution in [0, 0.1) is 11.8 Å². The first-order chi connectivity index (χ1) is 18.7. The Morgan fingerprint density at radius 1 is 1.00 bits per heavy atom. The number of amides is 1. The number of hydrogen-bond donors (Lipinski definition) is 1. The van der Waals surface area contributed by atoms with Crippen LogP contribution in [0.2, 0.25) is 5.15 Å². The van der Waals surface area contributed by atoms with Crippen molar-refractivity contribution in [2.24, 2.45) is 0 Å². The fraction of sp³-hybridized carbons (Fsp3) is 0.250. The maximum atomic E-state index is 13.9. The molecule has 0 saturated carbocycles. The number of carbonyl (C=O) groups excluding carboxylic acids is 1. The summed E-state index contributed by atoms with van der Waals surface area (Å²) in [5, 5.41) is 11.2. The van der Waals surface area contributed by atoms with Crippen LogP contribution in [0.25, 0.3) is 5.65 Å². The highest BCUT2D eigenvalue weighted by Gasteiger charge is 2.34. The molecule has 1 N–H and O–H groups in total. The summed E-state index contributed by atoms with van der Waals surface area (Å²) in [6, 6.07) is 15.6. The topological polar surface area (TPSA) is 65.8 Å². The van der Waals surface area contributed by atoms with Gasteiger partial charge in [0.2, 0.25) is 5.82 Å². The van der Waals surface area contributed by atoms with Crippen LogP contribution in [0.15, 0.2) is 60.7 Å². The zero-order valence-electron chi connectivity index (χ0n) is 21.0. The van der Waals surface area contributed by atoms with Gasteiger partial charge in [0.1, 0.15) is 5.15 Å². The fourth-order valence-corrected chi connectivity index (χ4v) is 4.60. The zero-order chi connectivity index (χ0) is 27.6. The van der Waals surface area contributed by atoms with Gasteiger partial charge in [0, 0.05) is 49.5 Å². The number of benzene rings is 2. The van der Waals surface area contributed by atoms with Crippen LogP contribution >= 0.6 is 11.6 Å². The number of rotatable bonds is 4. The highest BCUT2D eigenvalue weighted by molar-refractivity contribution is 6.29. The van der Waals surface area contributed by atoms with E-state index < -0.39 is 17.6 Å². The van der Waals surface area contributed by atoms with Crippen molar-refractivity contribution in [1.82, 2.24) is 24.4 Å². The molecular formula is C28H24ClF3N6O. The Labute approximate surface area is 228 Å². The monoisotopic (exact) mass is 552 g/mol. The maximum absolute atomic E-state index is 13.9. The molecule has 5 rings (SSSR count). The molecule has 0 aliphatic carbocycles. The molecular weight excluding hydrogens is 529 g/mol. The maximum Gasteiger partial charge on any atom is 0.416 e. The van der Waals surface area contributed by atoms with Crippen molar-refractivity contribution >= 4 is 28.8 Å². The molecule has 4 aromatic rings. The lowest BCUT2D eigenvalue weighted by atomic mass is 10.0. The number of likely N-dealkylation sites (N-methyl/N-ethyl adjacent to an activating group) is 1. The van der Waals surface area contributed by atoms with Gasteiger partial charge in [-0.05, 0) is 61.0 Å². The largest absolute Gasteiger partial charge is 0.416 e. The molecule has 1 amide bonds. The second kappa shape index (κ2) is 11.1. The Morgan fingerprint density at radius 2 is 1.77 bits per heavy atom. The van der Waals surface area contributed by atoms with E-state index in [1.807, 2.05) is 11.9 Å². The second-order valence-electron chi connectivity index (χ2n) is 9.30. The van der Waals surface area contributed by atoms with E-state index in [1.165, 1.54) is 12.1 Å². The van der Waals surface area contributed by atoms with Gasteiger partial charge in [-0.3, -0.25) is 14.1 Å². The lowest BCUT2D eigenvalue weighted by Crippen LogP contribution is -2.44. The number of anilines is 1. The molecule has 200 valence electrons. The molecule has 7 nitrogen and oxygen atoms in total. The van der Waals surface area contributed by atoms with E-state index in [9.17, 15) is 18.0 Å². The normalized spacial score (nSPS) is 14.7. The molecule has 11 heteroatoms. The van der Waals surface area contributed by atoms with Gasteiger partial charge in [0.05, 0.1) is 5.56 Å². The molecule has 0 unspecified atom stereocenters. The molecule has 2 aromatic heterocycles. The minimum atomic E-state index is -4.58. The SMILES string of the molecule is CN1CCN(Cc2ccc(C(=O)Nc3cccc(C#Cc4nnc5cccc(Cl)n45)c3)cc2C(F)(F)F)CC1. The number of aromatic nitrogens is 3. The molecule has 1 aliphatic rings. The number of piperazine rings is 1. The number of carbonyl (C=O) groups is 1. The standard InChI is InChI=1S/C28H24ClF3N6O/c1-36-12-14-37(15-13-36)18-21-10-9-20(17-23(21)28(30,31)32)27(39)33-22-5-2-4-19(16-22)8-11-26-35-34-25-7-3-6-24(29)38(25)26/h2-7,9-10,16-17H,12-15,18H2,1H3,(H,33,39). The van der Waals surface area contributed by atoms with Crippen LogP contribution in [-0.4, -0.2) is 63.5 Å². The third kappa shape index (κ3) is 6.23. The Kier molecular flexibility index (Phi) is 7.57. The van der Waals surface area contributed by atoms with Crippen LogP contribution in [0.3, 0.4) is 0 Å². The van der Waals surface area contributed by atoms with E-state index in [1.54, 1.807) is 46.9 Å². The minimum Gasteiger partial charge on any atom is -0.322 e. The van der Waals surface area contributed by atoms with Gasteiger partial charge in [-0.1, -0.05) is 35.7 Å². The third-order valence-electron chi connectivity index (χ3n) is 6.49. The van der Waals surface area contributed by atoms with E-state index in [0.717, 1.165) is 19.2 Å². The first-order valence-corrected chi connectivity index (χ1v) is 12.6. The Hall–Kier alpha value is -3.91. The number of hydrogen-bond acceptors (Lipinski definition) is 5. The number of halogens is 4. The van der Waals surface area contributed by atoms with Crippen molar-refractivity contribution in [3.63, 3.8) is 0 Å². The van der Waals surface area contributed by atoms with E-state index in [0.29, 0.717) is 41.0 Å². The summed E-state index contributed by atoms with van der Waals surface area (Å²) >= 11 is 6.22. The molecule has 0 spiro atoms. The van der Waals surface area contributed by atoms with Crippen molar-refractivity contribution < 1.29 is 18.0 Å². The average Bonchev–Trinajstić information content (AvgIpc) is 3.33. The lowest BCUT2D eigenvalue weighted by molar-refractivity contribution is -0.138. The lowest BCUT2D eigenvalue weighted by Gasteiger charge is -2.33. The van der Waals surface area contributed by atoms with Crippen molar-refractivity contribution in [1.29, 1.82) is 0 Å². The van der Waals surface area contributed by atoms with Crippen molar-refractivity contribution in [2.45, 2.75) is 12.7 Å². The smallest absolute Gasteiger partial charge is 0.322 e. The minimum absolute atomic E-state index is 0.0782. The van der Waals surface area contributed by atoms with Crippen LogP contribution in [-0.2, 0) is 12.7 Å². The summed E-state index contributed by atoms with van der Waals surface area (Å²) in [6.45, 7) is 3.16. The molecule has 0 radical (unpaired) electrons. The van der Waals surface area contributed by atoms with Crippen LogP contribution in [0.1, 0.15) is 32.9 Å². The second-order valence-corrected chi connectivity index (χ2v) is 9.69. The van der Waals surface area contributed by atoms with Crippen LogP contribution in [0.4, 0.5) is 18.9 Å². The number of alkyl halides is 3. The van der Waals surface area contributed by atoms with Gasteiger partial charge in [-0.15, -0.1) is 10.2 Å². The van der Waals surface area contributed by atoms with E-state index >= 15 is 0 Å². The van der Waals surface area contributed by atoms with Gasteiger partial charge in [-0.25, -0.2) is 0 Å². The van der Waals surface area contributed by atoms with Crippen LogP contribution < -0.4 is 5.32 Å². The predicted molar refractivity (Wildman–Crippen MR) is 143 cm³/mol. The van der Waals surface area contributed by atoms with Crippen molar-refractivity contribution in [2.75, 3.05) is 38.5 Å². The van der Waals surface area contributed by atoms with Crippen molar-refractivity contribution in [3.05, 3.63) is 93.9 Å². The van der Waals surface area contributed by atoms with Gasteiger partial charge in [-0.2, -0.15) is 13.2 Å². The number of pyridine rings is 1. The third-order valence-corrected chi connectivity index (χ3v) is 6.78. The average molecular weight is 553 g/mol. The summed E-state index contributed by atoms with van der Waals surface area (Å²) in [5.41, 5.74) is 0.794. The van der Waals surface area contributed by atoms with Gasteiger partial charge < -0.3 is 10.2 Å². The summed E-state index contributed by atoms with van der Waals surface area (Å²) < 4.78 is 43.4. The number of nitrogens with zero attached hydrogens (tertiary/aromatic N) is 5. The summed E-state index contributed by atoms with van der Waals surface area (Å²) in [4.78, 5) is 17.0. The Bertz CT molecular complexity index is 1580. The quantitative estimate of drug-likeness (QED) is 0.291. The van der Waals surface area contributed by atoms with E-state index in [-0.39, 0.29) is 17.7 Å². The molecule has 1 saturated heterocycles. The number of nitrogens with one attached hydrogen (secondary N) is 1. The molecule has 39 heavy (non-hydrogen) atoms. The molecule has 0 bridgehead atoms. The van der Waals surface area contributed by atoms with Gasteiger partial charge in [0.25, 0.3) is 5.91 Å². The Morgan fingerprint density at radius 3 is 2.54 bits per heavy atom. The molecule has 0 atom stereocenters. The first-order valence-electron chi connectivity index (χ1n) is 12.2. The predicted octanol–water partition coefficient (Wildman–Crippen LogP) is 4.80. The van der Waals surface area contributed by atoms with E-state index in [4.69, 9.17) is 11.6 Å². The zero-order valence-corrected chi connectivity index (χ0v) is 21.7. The van der Waals surface area contributed by atoms with Gasteiger partial charge in [0.15, 0.2) is 5.65 Å². The molecule has 1 fully saturated rings. The highest BCUT2D eigenvalue weighted by Crippen LogP contribution is 2.33. The Balaban J connectivity index is 1.33. The molecule has 2 aromatic carbocycles. The highest BCUT2D eigenvalue weighted by atomic mass is 35.5. The van der Waals surface area contributed by atoms with E-state index in [2.05, 4.69) is 32.3 Å². The first kappa shape index (κ1) is 26.7. The van der Waals surface area contributed by atoms with Gasteiger partial charge >= 0.3 is 6.18 Å². The molecule has 3 heterocycles. The number of fused-ring (bicyclic) bond motifs is 1. The molecule has 1 aliphatic heterocycles. The van der Waals surface area contributed by atoms with Crippen molar-refractivity contribution in [3.8, 4) is 11.8 Å². The summed E-state index contributed by atoms with van der Waals surface area (Å²) in [6.07, 6.45) is -4.58. The fourth-order valence-electron chi connectivity index (χ4n) is 4.36. The van der Waals surface area contributed by atoms with Crippen LogP contribution in [0.5, 0.6) is 0 Å². The summed E-state index contributed by atoms with van der Waals surface area (Å²) in [5.74, 6) is 5.57.